The van der Waals surface area contributed by atoms with Crippen LogP contribution in [0.1, 0.15) is 17.2 Å². The van der Waals surface area contributed by atoms with E-state index in [1.165, 1.54) is 6.07 Å². The Morgan fingerprint density at radius 1 is 1.53 bits per heavy atom. The van der Waals surface area contributed by atoms with Crippen molar-refractivity contribution in [3.8, 4) is 0 Å². The number of nitrogens with one attached hydrogen (secondary N) is 1. The molecule has 2 nitrogen and oxygen atoms in total. The SMILES string of the molecule is CN[C@@H]1COCc2cc(Br)cc(F)c21.Cl. The molecule has 1 aromatic carbocycles. The van der Waals surface area contributed by atoms with Crippen LogP contribution < -0.4 is 5.32 Å². The predicted octanol–water partition coefficient (Wildman–Crippen LogP) is 2.80. The quantitative estimate of drug-likeness (QED) is 0.860. The molecule has 0 amide bonds. The highest BCUT2D eigenvalue weighted by Gasteiger charge is 2.23. The third-order valence-electron chi connectivity index (χ3n) is 2.42. The molecule has 1 atom stereocenters. The minimum Gasteiger partial charge on any atom is -0.375 e. The van der Waals surface area contributed by atoms with Crippen molar-refractivity contribution >= 4 is 28.3 Å². The lowest BCUT2D eigenvalue weighted by molar-refractivity contribution is 0.0825. The van der Waals surface area contributed by atoms with E-state index in [4.69, 9.17) is 4.74 Å². The predicted molar refractivity (Wildman–Crippen MR) is 62.8 cm³/mol. The normalized spacial score (nSPS) is 19.3. The molecular weight excluding hydrogens is 284 g/mol. The third-order valence-corrected chi connectivity index (χ3v) is 2.88. The highest BCUT2D eigenvalue weighted by atomic mass is 79.9. The molecular formula is C10H12BrClFNO. The van der Waals surface area contributed by atoms with E-state index in [1.54, 1.807) is 0 Å². The first-order valence-corrected chi connectivity index (χ1v) is 5.24. The van der Waals surface area contributed by atoms with Crippen LogP contribution in [0.15, 0.2) is 16.6 Å². The van der Waals surface area contributed by atoms with Crippen LogP contribution in [0.5, 0.6) is 0 Å². The summed E-state index contributed by atoms with van der Waals surface area (Å²) in [6.45, 7) is 1.02. The van der Waals surface area contributed by atoms with Gasteiger partial charge in [-0.15, -0.1) is 12.4 Å². The summed E-state index contributed by atoms with van der Waals surface area (Å²) in [5, 5.41) is 3.04. The monoisotopic (exact) mass is 295 g/mol. The zero-order chi connectivity index (χ0) is 10.1. The fourth-order valence-corrected chi connectivity index (χ4v) is 2.22. The molecule has 1 N–H and O–H groups in total. The van der Waals surface area contributed by atoms with E-state index in [9.17, 15) is 4.39 Å². The van der Waals surface area contributed by atoms with E-state index in [2.05, 4.69) is 21.2 Å². The molecule has 0 aromatic heterocycles. The van der Waals surface area contributed by atoms with Crippen molar-refractivity contribution in [1.29, 1.82) is 0 Å². The summed E-state index contributed by atoms with van der Waals surface area (Å²) in [7, 11) is 1.81. The molecule has 0 bridgehead atoms. The molecule has 2 rings (SSSR count). The molecule has 1 aliphatic heterocycles. The first-order chi connectivity index (χ1) is 6.72. The zero-order valence-corrected chi connectivity index (χ0v) is 10.6. The van der Waals surface area contributed by atoms with Crippen molar-refractivity contribution < 1.29 is 9.13 Å². The van der Waals surface area contributed by atoms with Gasteiger partial charge in [-0.3, -0.25) is 0 Å². The summed E-state index contributed by atoms with van der Waals surface area (Å²) in [5.74, 6) is -0.169. The molecule has 1 aliphatic rings. The molecule has 5 heteroatoms. The maximum Gasteiger partial charge on any atom is 0.129 e. The van der Waals surface area contributed by atoms with Gasteiger partial charge < -0.3 is 10.1 Å². The van der Waals surface area contributed by atoms with Gasteiger partial charge >= 0.3 is 0 Å². The van der Waals surface area contributed by atoms with E-state index in [0.29, 0.717) is 13.2 Å². The summed E-state index contributed by atoms with van der Waals surface area (Å²) in [5.41, 5.74) is 1.66. The van der Waals surface area contributed by atoms with Crippen LogP contribution in [0.3, 0.4) is 0 Å². The van der Waals surface area contributed by atoms with E-state index < -0.39 is 0 Å². The van der Waals surface area contributed by atoms with Gasteiger partial charge in [0, 0.05) is 10.0 Å². The van der Waals surface area contributed by atoms with Crippen LogP contribution in [0.25, 0.3) is 0 Å². The molecule has 0 aliphatic carbocycles. The largest absolute Gasteiger partial charge is 0.375 e. The van der Waals surface area contributed by atoms with E-state index in [-0.39, 0.29) is 24.3 Å². The Morgan fingerprint density at radius 3 is 2.93 bits per heavy atom. The van der Waals surface area contributed by atoms with E-state index >= 15 is 0 Å². The van der Waals surface area contributed by atoms with Crippen LogP contribution in [0.2, 0.25) is 0 Å². The Hall–Kier alpha value is -0.160. The summed E-state index contributed by atoms with van der Waals surface area (Å²) in [6, 6.07) is 3.36. The number of halogens is 3. The summed E-state index contributed by atoms with van der Waals surface area (Å²) < 4.78 is 19.8. The second-order valence-corrected chi connectivity index (χ2v) is 4.23. The lowest BCUT2D eigenvalue weighted by Crippen LogP contribution is -2.28. The van der Waals surface area contributed by atoms with Gasteiger partial charge in [0.15, 0.2) is 0 Å². The number of rotatable bonds is 1. The molecule has 0 saturated carbocycles. The Balaban J connectivity index is 0.00000112. The maximum absolute atomic E-state index is 13.6. The summed E-state index contributed by atoms with van der Waals surface area (Å²) in [4.78, 5) is 0. The number of hydrogen-bond donors (Lipinski definition) is 1. The molecule has 1 heterocycles. The average molecular weight is 297 g/mol. The highest BCUT2D eigenvalue weighted by Crippen LogP contribution is 2.29. The number of fused-ring (bicyclic) bond motifs is 1. The van der Waals surface area contributed by atoms with Gasteiger partial charge in [-0.1, -0.05) is 15.9 Å². The number of benzene rings is 1. The molecule has 0 radical (unpaired) electrons. The second kappa shape index (κ2) is 5.25. The van der Waals surface area contributed by atoms with Crippen LogP contribution in [-0.2, 0) is 11.3 Å². The Kier molecular flexibility index (Phi) is 4.52. The Labute approximate surface area is 103 Å². The highest BCUT2D eigenvalue weighted by molar-refractivity contribution is 9.10. The van der Waals surface area contributed by atoms with Gasteiger partial charge in [0.25, 0.3) is 0 Å². The van der Waals surface area contributed by atoms with Gasteiger partial charge in [0.1, 0.15) is 5.82 Å². The summed E-state index contributed by atoms with van der Waals surface area (Å²) >= 11 is 3.27. The van der Waals surface area contributed by atoms with Gasteiger partial charge in [-0.05, 0) is 24.7 Å². The first-order valence-electron chi connectivity index (χ1n) is 4.45. The second-order valence-electron chi connectivity index (χ2n) is 3.32. The van der Waals surface area contributed by atoms with E-state index in [0.717, 1.165) is 15.6 Å². The summed E-state index contributed by atoms with van der Waals surface area (Å²) in [6.07, 6.45) is 0. The topological polar surface area (TPSA) is 21.3 Å². The molecule has 84 valence electrons. The molecule has 15 heavy (non-hydrogen) atoms. The van der Waals surface area contributed by atoms with Gasteiger partial charge in [-0.2, -0.15) is 0 Å². The third kappa shape index (κ3) is 2.50. The zero-order valence-electron chi connectivity index (χ0n) is 8.22. The van der Waals surface area contributed by atoms with E-state index in [1.807, 2.05) is 13.1 Å². The lowest BCUT2D eigenvalue weighted by Gasteiger charge is -2.25. The van der Waals surface area contributed by atoms with Crippen molar-refractivity contribution in [3.05, 3.63) is 33.5 Å². The minimum absolute atomic E-state index is 0. The number of ether oxygens (including phenoxy) is 1. The molecule has 0 unspecified atom stereocenters. The standard InChI is InChI=1S/C10H11BrFNO.ClH/c1-13-9-5-14-4-6-2-7(11)3-8(12)10(6)9;/h2-3,9,13H,4-5H2,1H3;1H/t9-;/m1./s1. The number of likely N-dealkylation sites (N-methyl/N-ethyl adjacent to an activating group) is 1. The smallest absolute Gasteiger partial charge is 0.129 e. The first kappa shape index (κ1) is 12.9. The van der Waals surface area contributed by atoms with Crippen molar-refractivity contribution in [1.82, 2.24) is 5.32 Å². The Bertz CT molecular complexity index is 362. The van der Waals surface area contributed by atoms with Crippen molar-refractivity contribution in [2.45, 2.75) is 12.6 Å². The lowest BCUT2D eigenvalue weighted by atomic mass is 9.98. The van der Waals surface area contributed by atoms with Crippen LogP contribution in [0, 0.1) is 5.82 Å². The van der Waals surface area contributed by atoms with Crippen LogP contribution in [-0.4, -0.2) is 13.7 Å². The van der Waals surface area contributed by atoms with Crippen molar-refractivity contribution in [3.63, 3.8) is 0 Å². The van der Waals surface area contributed by atoms with Gasteiger partial charge in [-0.25, -0.2) is 4.39 Å². The van der Waals surface area contributed by atoms with Crippen molar-refractivity contribution in [2.24, 2.45) is 0 Å². The fraction of sp³-hybridized carbons (Fsp3) is 0.400. The minimum atomic E-state index is -0.169. The van der Waals surface area contributed by atoms with Gasteiger partial charge in [0.05, 0.1) is 19.3 Å². The van der Waals surface area contributed by atoms with Gasteiger partial charge in [0.2, 0.25) is 0 Å². The number of hydrogen-bond acceptors (Lipinski definition) is 2. The fourth-order valence-electron chi connectivity index (χ4n) is 1.75. The molecule has 0 fully saturated rings. The van der Waals surface area contributed by atoms with Crippen LogP contribution >= 0.6 is 28.3 Å². The molecule has 1 aromatic rings. The average Bonchev–Trinajstić information content (AvgIpc) is 2.16. The molecule has 0 saturated heterocycles. The van der Waals surface area contributed by atoms with Crippen LogP contribution in [0.4, 0.5) is 4.39 Å². The maximum atomic E-state index is 13.6. The Morgan fingerprint density at radius 2 is 2.27 bits per heavy atom. The molecule has 0 spiro atoms. The van der Waals surface area contributed by atoms with Crippen molar-refractivity contribution in [2.75, 3.05) is 13.7 Å².